The van der Waals surface area contributed by atoms with Crippen molar-refractivity contribution in [2.24, 2.45) is 0 Å². The van der Waals surface area contributed by atoms with Crippen molar-refractivity contribution in [3.05, 3.63) is 10.6 Å². The van der Waals surface area contributed by atoms with Crippen molar-refractivity contribution < 1.29 is 14.3 Å². The van der Waals surface area contributed by atoms with Crippen LogP contribution in [-0.2, 0) is 9.47 Å². The molecule has 0 bridgehead atoms. The van der Waals surface area contributed by atoms with Gasteiger partial charge in [0.2, 0.25) is 0 Å². The second-order valence-electron chi connectivity index (χ2n) is 3.75. The Hall–Kier alpha value is -1.14. The molecule has 6 heteroatoms. The highest BCUT2D eigenvalue weighted by atomic mass is 32.1. The Balaban J connectivity index is 2.63. The van der Waals surface area contributed by atoms with E-state index >= 15 is 0 Å². The molecule has 1 atom stereocenters. The molecule has 1 aromatic heterocycles. The molecule has 0 aromatic carbocycles. The van der Waals surface area contributed by atoms with Gasteiger partial charge in [-0.2, -0.15) is 0 Å². The maximum atomic E-state index is 11.4. The van der Waals surface area contributed by atoms with E-state index < -0.39 is 0 Å². The van der Waals surface area contributed by atoms with Crippen LogP contribution in [0.4, 0.5) is 5.13 Å². The number of thiazole rings is 1. The summed E-state index contributed by atoms with van der Waals surface area (Å²) in [6.45, 7) is 4.55. The summed E-state index contributed by atoms with van der Waals surface area (Å²) >= 11 is 1.32. The maximum Gasteiger partial charge on any atom is 0.350 e. The number of esters is 1. The van der Waals surface area contributed by atoms with Crippen molar-refractivity contribution in [3.8, 4) is 0 Å². The van der Waals surface area contributed by atoms with Gasteiger partial charge in [-0.1, -0.05) is 11.3 Å². The number of ether oxygens (including phenoxy) is 2. The quantitative estimate of drug-likeness (QED) is 0.792. The summed E-state index contributed by atoms with van der Waals surface area (Å²) in [5.41, 5.74) is 0.697. The lowest BCUT2D eigenvalue weighted by molar-refractivity contribution is 0.0605. The third kappa shape index (κ3) is 3.98. The van der Waals surface area contributed by atoms with Crippen LogP contribution in [0.25, 0.3) is 0 Å². The zero-order valence-electron chi connectivity index (χ0n) is 10.6. The highest BCUT2D eigenvalue weighted by molar-refractivity contribution is 7.17. The minimum Gasteiger partial charge on any atom is -0.465 e. The molecule has 0 radical (unpaired) electrons. The van der Waals surface area contributed by atoms with Gasteiger partial charge in [-0.05, 0) is 20.3 Å². The second-order valence-corrected chi connectivity index (χ2v) is 4.75. The molecular formula is C11H18N2O3S. The molecule has 0 aliphatic rings. The first-order valence-electron chi connectivity index (χ1n) is 5.39. The lowest BCUT2D eigenvalue weighted by Gasteiger charge is -2.11. The van der Waals surface area contributed by atoms with Crippen LogP contribution < -0.4 is 5.32 Å². The van der Waals surface area contributed by atoms with Gasteiger partial charge in [0.15, 0.2) is 5.13 Å². The first-order chi connectivity index (χ1) is 8.08. The maximum absolute atomic E-state index is 11.4. The number of aryl methyl sites for hydroxylation is 1. The van der Waals surface area contributed by atoms with Crippen LogP contribution in [0.2, 0.25) is 0 Å². The van der Waals surface area contributed by atoms with Gasteiger partial charge >= 0.3 is 5.97 Å². The zero-order chi connectivity index (χ0) is 12.8. The summed E-state index contributed by atoms with van der Waals surface area (Å²) in [6, 6.07) is 0.256. The first-order valence-corrected chi connectivity index (χ1v) is 6.21. The molecule has 1 aromatic rings. The number of aromatic nitrogens is 1. The van der Waals surface area contributed by atoms with Crippen LogP contribution >= 0.6 is 11.3 Å². The van der Waals surface area contributed by atoms with Crippen molar-refractivity contribution in [2.45, 2.75) is 26.3 Å². The van der Waals surface area contributed by atoms with Crippen molar-refractivity contribution in [1.29, 1.82) is 0 Å². The smallest absolute Gasteiger partial charge is 0.350 e. The van der Waals surface area contributed by atoms with Crippen LogP contribution in [0, 0.1) is 6.92 Å². The number of nitrogens with one attached hydrogen (secondary N) is 1. The van der Waals surface area contributed by atoms with Crippen molar-refractivity contribution >= 4 is 22.4 Å². The standard InChI is InChI=1S/C11H18N2O3S/c1-7(5-6-15-3)12-11-13-8(2)9(17-11)10(14)16-4/h7H,5-6H2,1-4H3,(H,12,13). The molecule has 1 unspecified atom stereocenters. The fraction of sp³-hybridized carbons (Fsp3) is 0.636. The van der Waals surface area contributed by atoms with Crippen molar-refractivity contribution in [1.82, 2.24) is 4.98 Å². The SMILES string of the molecule is COCCC(C)Nc1nc(C)c(C(=O)OC)s1. The number of anilines is 1. The Morgan fingerprint density at radius 2 is 2.24 bits per heavy atom. The highest BCUT2D eigenvalue weighted by Crippen LogP contribution is 2.24. The van der Waals surface area contributed by atoms with E-state index in [0.29, 0.717) is 17.2 Å². The Labute approximate surface area is 105 Å². The Morgan fingerprint density at radius 3 is 2.82 bits per heavy atom. The molecule has 0 aliphatic carbocycles. The van der Waals surface area contributed by atoms with Gasteiger partial charge in [0.1, 0.15) is 4.88 Å². The van der Waals surface area contributed by atoms with E-state index in [1.54, 1.807) is 14.0 Å². The monoisotopic (exact) mass is 258 g/mol. The number of hydrogen-bond donors (Lipinski definition) is 1. The Morgan fingerprint density at radius 1 is 1.53 bits per heavy atom. The number of rotatable bonds is 6. The third-order valence-corrected chi connectivity index (χ3v) is 3.36. The molecule has 0 aliphatic heterocycles. The topological polar surface area (TPSA) is 60.5 Å². The van der Waals surface area contributed by atoms with E-state index in [0.717, 1.165) is 11.6 Å². The number of nitrogens with zero attached hydrogens (tertiary/aromatic N) is 1. The fourth-order valence-corrected chi connectivity index (χ4v) is 2.31. The first kappa shape index (κ1) is 13.9. The van der Waals surface area contributed by atoms with Gasteiger partial charge in [-0.3, -0.25) is 0 Å². The minimum absolute atomic E-state index is 0.256. The summed E-state index contributed by atoms with van der Waals surface area (Å²) in [5.74, 6) is -0.336. The predicted molar refractivity (Wildman–Crippen MR) is 67.8 cm³/mol. The number of carbonyl (C=O) groups is 1. The van der Waals surface area contributed by atoms with Gasteiger partial charge in [-0.15, -0.1) is 0 Å². The normalized spacial score (nSPS) is 12.2. The lowest BCUT2D eigenvalue weighted by Crippen LogP contribution is -2.16. The van der Waals surface area contributed by atoms with E-state index in [1.165, 1.54) is 18.4 Å². The Kier molecular flexibility index (Phi) is 5.37. The summed E-state index contributed by atoms with van der Waals surface area (Å²) < 4.78 is 9.69. The van der Waals surface area contributed by atoms with Crippen molar-refractivity contribution in [3.63, 3.8) is 0 Å². The van der Waals surface area contributed by atoms with E-state index in [-0.39, 0.29) is 12.0 Å². The molecule has 1 rings (SSSR count). The van der Waals surface area contributed by atoms with Crippen LogP contribution in [0.3, 0.4) is 0 Å². The molecular weight excluding hydrogens is 240 g/mol. The average molecular weight is 258 g/mol. The van der Waals surface area contributed by atoms with E-state index in [1.807, 2.05) is 6.92 Å². The fourth-order valence-electron chi connectivity index (χ4n) is 1.32. The molecule has 0 amide bonds. The molecule has 5 nitrogen and oxygen atoms in total. The predicted octanol–water partition coefficient (Wildman–Crippen LogP) is 2.08. The summed E-state index contributed by atoms with van der Waals surface area (Å²) in [6.07, 6.45) is 0.892. The molecule has 0 spiro atoms. The van der Waals surface area contributed by atoms with Crippen LogP contribution in [0.5, 0.6) is 0 Å². The zero-order valence-corrected chi connectivity index (χ0v) is 11.4. The highest BCUT2D eigenvalue weighted by Gasteiger charge is 2.16. The number of carbonyl (C=O) groups excluding carboxylic acids is 1. The van der Waals surface area contributed by atoms with Gasteiger partial charge in [0.05, 0.1) is 12.8 Å². The summed E-state index contributed by atoms with van der Waals surface area (Å²) in [5, 5.41) is 3.98. The van der Waals surface area contributed by atoms with Gasteiger partial charge in [0.25, 0.3) is 0 Å². The molecule has 1 N–H and O–H groups in total. The summed E-state index contributed by atoms with van der Waals surface area (Å²) in [4.78, 5) is 16.2. The van der Waals surface area contributed by atoms with E-state index in [4.69, 9.17) is 4.74 Å². The molecule has 0 saturated carbocycles. The van der Waals surface area contributed by atoms with Crippen molar-refractivity contribution in [2.75, 3.05) is 26.1 Å². The van der Waals surface area contributed by atoms with Gasteiger partial charge in [0, 0.05) is 19.8 Å². The molecule has 0 saturated heterocycles. The van der Waals surface area contributed by atoms with Crippen LogP contribution in [-0.4, -0.2) is 37.8 Å². The lowest BCUT2D eigenvalue weighted by atomic mass is 10.2. The largest absolute Gasteiger partial charge is 0.465 e. The molecule has 17 heavy (non-hydrogen) atoms. The molecule has 0 fully saturated rings. The molecule has 1 heterocycles. The number of methoxy groups -OCH3 is 2. The van der Waals surface area contributed by atoms with E-state index in [9.17, 15) is 4.79 Å². The van der Waals surface area contributed by atoms with Gasteiger partial charge in [-0.25, -0.2) is 9.78 Å². The van der Waals surface area contributed by atoms with E-state index in [2.05, 4.69) is 15.0 Å². The minimum atomic E-state index is -0.336. The van der Waals surface area contributed by atoms with Gasteiger partial charge < -0.3 is 14.8 Å². The number of hydrogen-bond acceptors (Lipinski definition) is 6. The average Bonchev–Trinajstić information content (AvgIpc) is 2.66. The van der Waals surface area contributed by atoms with Crippen LogP contribution in [0.1, 0.15) is 28.7 Å². The second kappa shape index (κ2) is 6.56. The van der Waals surface area contributed by atoms with Crippen LogP contribution in [0.15, 0.2) is 0 Å². The summed E-state index contributed by atoms with van der Waals surface area (Å²) in [7, 11) is 3.05. The Bertz CT molecular complexity index is 379. The third-order valence-electron chi connectivity index (χ3n) is 2.29. The molecule has 96 valence electrons.